The van der Waals surface area contributed by atoms with Crippen molar-refractivity contribution in [1.29, 1.82) is 5.26 Å². The van der Waals surface area contributed by atoms with Gasteiger partial charge in [0.15, 0.2) is 11.5 Å². The van der Waals surface area contributed by atoms with E-state index in [1.165, 1.54) is 6.08 Å². The summed E-state index contributed by atoms with van der Waals surface area (Å²) in [6.45, 7) is 6.08. The van der Waals surface area contributed by atoms with E-state index in [0.717, 1.165) is 21.6 Å². The summed E-state index contributed by atoms with van der Waals surface area (Å²) in [4.78, 5) is 39.4. The standard InChI is InChI=1S/C29H25N3O5/c1-4-36-26-15-20(9-10-25(26)37-17-22-8-6-5-7-21(22)16-30)14-24-27(33)31-29(35)32(28(24)34)23-12-18(2)11-19(3)13-23/h5-15H,4,17H2,1-3H3,(H,31,33,35)/b24-14+. The number of anilines is 1. The van der Waals surface area contributed by atoms with Gasteiger partial charge in [-0.05, 0) is 73.9 Å². The van der Waals surface area contributed by atoms with Crippen molar-refractivity contribution in [3.05, 3.63) is 94.1 Å². The zero-order valence-corrected chi connectivity index (χ0v) is 20.7. The van der Waals surface area contributed by atoms with E-state index in [1.807, 2.05) is 39.0 Å². The molecule has 1 heterocycles. The highest BCUT2D eigenvalue weighted by Crippen LogP contribution is 2.31. The second-order valence-corrected chi connectivity index (χ2v) is 8.50. The Morgan fingerprint density at radius 2 is 1.68 bits per heavy atom. The van der Waals surface area contributed by atoms with Gasteiger partial charge in [-0.15, -0.1) is 0 Å². The van der Waals surface area contributed by atoms with Crippen molar-refractivity contribution < 1.29 is 23.9 Å². The Balaban J connectivity index is 1.64. The molecule has 0 unspecified atom stereocenters. The lowest BCUT2D eigenvalue weighted by molar-refractivity contribution is -0.122. The summed E-state index contributed by atoms with van der Waals surface area (Å²) in [7, 11) is 0. The van der Waals surface area contributed by atoms with Gasteiger partial charge in [0.25, 0.3) is 11.8 Å². The van der Waals surface area contributed by atoms with Crippen molar-refractivity contribution in [2.45, 2.75) is 27.4 Å². The van der Waals surface area contributed by atoms with Crippen LogP contribution in [0.3, 0.4) is 0 Å². The zero-order valence-electron chi connectivity index (χ0n) is 20.7. The van der Waals surface area contributed by atoms with Crippen LogP contribution < -0.4 is 19.7 Å². The molecule has 4 rings (SSSR count). The minimum Gasteiger partial charge on any atom is -0.490 e. The summed E-state index contributed by atoms with van der Waals surface area (Å²) in [5, 5.41) is 11.5. The molecule has 37 heavy (non-hydrogen) atoms. The molecular formula is C29H25N3O5. The van der Waals surface area contributed by atoms with Gasteiger partial charge in [-0.25, -0.2) is 9.69 Å². The van der Waals surface area contributed by atoms with Gasteiger partial charge in [0, 0.05) is 5.56 Å². The highest BCUT2D eigenvalue weighted by Gasteiger charge is 2.37. The van der Waals surface area contributed by atoms with Crippen molar-refractivity contribution >= 4 is 29.6 Å². The van der Waals surface area contributed by atoms with E-state index in [9.17, 15) is 19.6 Å². The number of urea groups is 1. The van der Waals surface area contributed by atoms with Gasteiger partial charge in [-0.1, -0.05) is 30.3 Å². The smallest absolute Gasteiger partial charge is 0.335 e. The number of carbonyl (C=O) groups is 3. The first-order chi connectivity index (χ1) is 17.8. The van der Waals surface area contributed by atoms with Crippen LogP contribution >= 0.6 is 0 Å². The van der Waals surface area contributed by atoms with Crippen molar-refractivity contribution in [3.8, 4) is 17.6 Å². The van der Waals surface area contributed by atoms with Crippen LogP contribution in [0.2, 0.25) is 0 Å². The number of rotatable bonds is 7. The lowest BCUT2D eigenvalue weighted by Crippen LogP contribution is -2.54. The summed E-state index contributed by atoms with van der Waals surface area (Å²) in [5.74, 6) is -0.632. The molecule has 3 aromatic rings. The van der Waals surface area contributed by atoms with Crippen molar-refractivity contribution in [2.75, 3.05) is 11.5 Å². The fourth-order valence-corrected chi connectivity index (χ4v) is 4.05. The van der Waals surface area contributed by atoms with E-state index in [0.29, 0.717) is 34.9 Å². The number of benzene rings is 3. The topological polar surface area (TPSA) is 109 Å². The Labute approximate surface area is 214 Å². The Kier molecular flexibility index (Phi) is 7.35. The molecule has 8 nitrogen and oxygen atoms in total. The summed E-state index contributed by atoms with van der Waals surface area (Å²) in [6.07, 6.45) is 1.41. The van der Waals surface area contributed by atoms with Gasteiger partial charge < -0.3 is 9.47 Å². The molecule has 186 valence electrons. The van der Waals surface area contributed by atoms with Crippen LogP contribution in [-0.2, 0) is 16.2 Å². The van der Waals surface area contributed by atoms with Gasteiger partial charge >= 0.3 is 6.03 Å². The minimum absolute atomic E-state index is 0.165. The van der Waals surface area contributed by atoms with Crippen molar-refractivity contribution in [3.63, 3.8) is 0 Å². The number of hydrogen-bond acceptors (Lipinski definition) is 6. The molecule has 0 radical (unpaired) electrons. The lowest BCUT2D eigenvalue weighted by Gasteiger charge is -2.27. The first-order valence-corrected chi connectivity index (χ1v) is 11.7. The van der Waals surface area contributed by atoms with Crippen LogP contribution in [-0.4, -0.2) is 24.5 Å². The Hall–Kier alpha value is -4.90. The SMILES string of the molecule is CCOc1cc(/C=C2\C(=O)NC(=O)N(c3cc(C)cc(C)c3)C2=O)ccc1OCc1ccccc1C#N. The number of nitrogens with one attached hydrogen (secondary N) is 1. The number of ether oxygens (including phenoxy) is 2. The number of carbonyl (C=O) groups excluding carboxylic acids is 3. The van der Waals surface area contributed by atoms with E-state index < -0.39 is 17.8 Å². The average molecular weight is 496 g/mol. The van der Waals surface area contributed by atoms with Crippen LogP contribution in [0, 0.1) is 25.2 Å². The van der Waals surface area contributed by atoms with E-state index in [4.69, 9.17) is 9.47 Å². The molecule has 1 fully saturated rings. The molecule has 1 aliphatic rings. The predicted molar refractivity (Wildman–Crippen MR) is 138 cm³/mol. The summed E-state index contributed by atoms with van der Waals surface area (Å²) in [6, 6.07) is 18.8. The van der Waals surface area contributed by atoms with Crippen LogP contribution in [0.15, 0.2) is 66.2 Å². The second-order valence-electron chi connectivity index (χ2n) is 8.50. The second kappa shape index (κ2) is 10.8. The number of nitrogens with zero attached hydrogens (tertiary/aromatic N) is 2. The third-order valence-electron chi connectivity index (χ3n) is 5.67. The minimum atomic E-state index is -0.798. The monoisotopic (exact) mass is 495 g/mol. The van der Waals surface area contributed by atoms with Crippen molar-refractivity contribution in [1.82, 2.24) is 5.32 Å². The molecule has 1 saturated heterocycles. The maximum atomic E-state index is 13.3. The Morgan fingerprint density at radius 1 is 0.946 bits per heavy atom. The van der Waals surface area contributed by atoms with Crippen LogP contribution in [0.5, 0.6) is 11.5 Å². The number of aryl methyl sites for hydroxylation is 2. The van der Waals surface area contributed by atoms with E-state index in [-0.39, 0.29) is 12.2 Å². The van der Waals surface area contributed by atoms with Crippen LogP contribution in [0.4, 0.5) is 10.5 Å². The summed E-state index contributed by atoms with van der Waals surface area (Å²) in [5.41, 5.74) is 3.74. The number of barbiturate groups is 1. The van der Waals surface area contributed by atoms with Gasteiger partial charge in [0.05, 0.1) is 23.9 Å². The molecular weight excluding hydrogens is 470 g/mol. The molecule has 1 aliphatic heterocycles. The molecule has 0 bridgehead atoms. The highest BCUT2D eigenvalue weighted by molar-refractivity contribution is 6.39. The normalized spacial score (nSPS) is 14.4. The van der Waals surface area contributed by atoms with Crippen LogP contribution in [0.1, 0.15) is 34.7 Å². The maximum absolute atomic E-state index is 13.3. The van der Waals surface area contributed by atoms with Gasteiger partial charge in [-0.3, -0.25) is 14.9 Å². The van der Waals surface area contributed by atoms with Gasteiger partial charge in [0.2, 0.25) is 0 Å². The molecule has 8 heteroatoms. The Bertz CT molecular complexity index is 1450. The third kappa shape index (κ3) is 5.52. The fraction of sp³-hybridized carbons (Fsp3) is 0.172. The third-order valence-corrected chi connectivity index (χ3v) is 5.67. The number of hydrogen-bond donors (Lipinski definition) is 1. The summed E-state index contributed by atoms with van der Waals surface area (Å²) >= 11 is 0. The van der Waals surface area contributed by atoms with Gasteiger partial charge in [0.1, 0.15) is 12.2 Å². The average Bonchev–Trinajstić information content (AvgIpc) is 2.85. The van der Waals surface area contributed by atoms with E-state index in [2.05, 4.69) is 11.4 Å². The molecule has 0 aliphatic carbocycles. The largest absolute Gasteiger partial charge is 0.490 e. The number of nitriles is 1. The quantitative estimate of drug-likeness (QED) is 0.372. The molecule has 0 saturated carbocycles. The van der Waals surface area contributed by atoms with E-state index in [1.54, 1.807) is 42.5 Å². The lowest BCUT2D eigenvalue weighted by atomic mass is 10.0. The fourth-order valence-electron chi connectivity index (χ4n) is 4.05. The summed E-state index contributed by atoms with van der Waals surface area (Å²) < 4.78 is 11.7. The highest BCUT2D eigenvalue weighted by atomic mass is 16.5. The Morgan fingerprint density at radius 3 is 2.38 bits per heavy atom. The molecule has 4 amide bonds. The molecule has 3 aromatic carbocycles. The molecule has 0 aromatic heterocycles. The maximum Gasteiger partial charge on any atom is 0.335 e. The van der Waals surface area contributed by atoms with Crippen LogP contribution in [0.25, 0.3) is 6.08 Å². The molecule has 0 spiro atoms. The number of imide groups is 2. The molecule has 0 atom stereocenters. The predicted octanol–water partition coefficient (Wildman–Crippen LogP) is 4.82. The zero-order chi connectivity index (χ0) is 26.5. The molecule has 1 N–H and O–H groups in total. The van der Waals surface area contributed by atoms with Gasteiger partial charge in [-0.2, -0.15) is 5.26 Å². The number of amides is 4. The van der Waals surface area contributed by atoms with Crippen molar-refractivity contribution in [2.24, 2.45) is 0 Å². The van der Waals surface area contributed by atoms with E-state index >= 15 is 0 Å². The first-order valence-electron chi connectivity index (χ1n) is 11.7. The first kappa shape index (κ1) is 25.2.